The summed E-state index contributed by atoms with van der Waals surface area (Å²) in [7, 11) is 0. The molecule has 0 bridgehead atoms. The van der Waals surface area contributed by atoms with E-state index in [0.29, 0.717) is 23.2 Å². The number of carbonyl (C=O) groups is 1. The van der Waals surface area contributed by atoms with Crippen molar-refractivity contribution in [2.75, 3.05) is 5.32 Å². The number of rotatable bonds is 5. The van der Waals surface area contributed by atoms with Gasteiger partial charge in [-0.05, 0) is 54.5 Å². The van der Waals surface area contributed by atoms with E-state index < -0.39 is 0 Å². The van der Waals surface area contributed by atoms with Crippen LogP contribution in [-0.4, -0.2) is 15.3 Å². The van der Waals surface area contributed by atoms with Gasteiger partial charge in [0.2, 0.25) is 5.91 Å². The Kier molecular flexibility index (Phi) is 5.80. The molecule has 2 heterocycles. The third-order valence-corrected chi connectivity index (χ3v) is 4.90. The number of anilines is 1. The molecule has 0 aliphatic rings. The fraction of sp³-hybridized carbons (Fsp3) is 0.391. The van der Waals surface area contributed by atoms with Crippen molar-refractivity contribution < 1.29 is 4.79 Å². The molecule has 0 saturated carbocycles. The second-order valence-electron chi connectivity index (χ2n) is 8.87. The Morgan fingerprint density at radius 2 is 1.89 bits per heavy atom. The summed E-state index contributed by atoms with van der Waals surface area (Å²) in [5.41, 5.74) is 3.80. The molecule has 3 aromatic rings. The van der Waals surface area contributed by atoms with Crippen LogP contribution in [0.3, 0.4) is 0 Å². The number of amides is 1. The molecule has 0 fully saturated rings. The molecular formula is C23H28ClN3O. The van der Waals surface area contributed by atoms with Crippen LogP contribution in [0.5, 0.6) is 0 Å². The predicted molar refractivity (Wildman–Crippen MR) is 117 cm³/mol. The molecule has 3 rings (SSSR count). The Morgan fingerprint density at radius 1 is 1.21 bits per heavy atom. The van der Waals surface area contributed by atoms with Crippen LogP contribution in [-0.2, 0) is 4.79 Å². The summed E-state index contributed by atoms with van der Waals surface area (Å²) in [6.45, 7) is 10.8. The molecule has 0 aliphatic carbocycles. The Morgan fingerprint density at radius 3 is 2.54 bits per heavy atom. The largest absolute Gasteiger partial charge is 0.310 e. The molecule has 148 valence electrons. The van der Waals surface area contributed by atoms with E-state index in [1.165, 1.54) is 0 Å². The SMILES string of the molecule is Cc1ccn2c(NC(=O)C[C@H](C)CC(C)(C)C)c(-c3ccc(Cl)cc3)nc2c1. The summed E-state index contributed by atoms with van der Waals surface area (Å²) in [5.74, 6) is 1.01. The van der Waals surface area contributed by atoms with E-state index in [-0.39, 0.29) is 11.3 Å². The maximum absolute atomic E-state index is 12.8. The average Bonchev–Trinajstić information content (AvgIpc) is 2.91. The Bertz CT molecular complexity index is 983. The minimum Gasteiger partial charge on any atom is -0.310 e. The van der Waals surface area contributed by atoms with Crippen molar-refractivity contribution in [2.24, 2.45) is 11.3 Å². The molecule has 1 atom stereocenters. The summed E-state index contributed by atoms with van der Waals surface area (Å²) < 4.78 is 1.93. The Balaban J connectivity index is 1.93. The minimum absolute atomic E-state index is 0.00865. The van der Waals surface area contributed by atoms with Crippen molar-refractivity contribution in [3.8, 4) is 11.3 Å². The van der Waals surface area contributed by atoms with Gasteiger partial charge in [0.15, 0.2) is 0 Å². The van der Waals surface area contributed by atoms with Crippen LogP contribution in [0.15, 0.2) is 42.6 Å². The zero-order chi connectivity index (χ0) is 20.5. The van der Waals surface area contributed by atoms with Crippen molar-refractivity contribution in [2.45, 2.75) is 47.5 Å². The second kappa shape index (κ2) is 7.96. The topological polar surface area (TPSA) is 46.4 Å². The Labute approximate surface area is 171 Å². The van der Waals surface area contributed by atoms with Crippen LogP contribution in [0.4, 0.5) is 5.82 Å². The first-order chi connectivity index (χ1) is 13.1. The third-order valence-electron chi connectivity index (χ3n) is 4.65. The molecule has 4 nitrogen and oxygen atoms in total. The van der Waals surface area contributed by atoms with E-state index in [1.807, 2.05) is 53.9 Å². The molecule has 5 heteroatoms. The van der Waals surface area contributed by atoms with Gasteiger partial charge < -0.3 is 5.32 Å². The van der Waals surface area contributed by atoms with Crippen molar-refractivity contribution >= 4 is 29.0 Å². The molecule has 0 unspecified atom stereocenters. The summed E-state index contributed by atoms with van der Waals surface area (Å²) in [5, 5.41) is 3.78. The van der Waals surface area contributed by atoms with Crippen molar-refractivity contribution in [1.82, 2.24) is 9.38 Å². The zero-order valence-corrected chi connectivity index (χ0v) is 18.0. The first-order valence-electron chi connectivity index (χ1n) is 9.67. The van der Waals surface area contributed by atoms with Gasteiger partial charge in [-0.3, -0.25) is 9.20 Å². The van der Waals surface area contributed by atoms with Crippen LogP contribution in [0.25, 0.3) is 16.9 Å². The maximum Gasteiger partial charge on any atom is 0.225 e. The fourth-order valence-corrected chi connectivity index (χ4v) is 3.82. The van der Waals surface area contributed by atoms with E-state index in [0.717, 1.165) is 28.9 Å². The summed E-state index contributed by atoms with van der Waals surface area (Å²) >= 11 is 6.04. The normalized spacial score (nSPS) is 12.9. The number of benzene rings is 1. The zero-order valence-electron chi connectivity index (χ0n) is 17.2. The molecule has 0 aliphatic heterocycles. The highest BCUT2D eigenvalue weighted by Gasteiger charge is 2.20. The van der Waals surface area contributed by atoms with Crippen molar-refractivity contribution in [3.05, 3.63) is 53.2 Å². The van der Waals surface area contributed by atoms with Gasteiger partial charge in [0, 0.05) is 23.2 Å². The third kappa shape index (κ3) is 4.93. The van der Waals surface area contributed by atoms with Crippen LogP contribution >= 0.6 is 11.6 Å². The molecule has 2 aromatic heterocycles. The molecule has 1 N–H and O–H groups in total. The number of nitrogens with zero attached hydrogens (tertiary/aromatic N) is 2. The lowest BCUT2D eigenvalue weighted by atomic mass is 9.84. The van der Waals surface area contributed by atoms with Crippen LogP contribution < -0.4 is 5.32 Å². The van der Waals surface area contributed by atoms with Gasteiger partial charge in [-0.15, -0.1) is 0 Å². The van der Waals surface area contributed by atoms with Crippen LogP contribution in [0.2, 0.25) is 5.02 Å². The van der Waals surface area contributed by atoms with E-state index in [1.54, 1.807) is 0 Å². The highest BCUT2D eigenvalue weighted by molar-refractivity contribution is 6.30. The number of imidazole rings is 1. The summed E-state index contributed by atoms with van der Waals surface area (Å²) in [4.78, 5) is 17.6. The minimum atomic E-state index is 0.00865. The van der Waals surface area contributed by atoms with Gasteiger partial charge in [-0.1, -0.05) is 51.4 Å². The number of fused-ring (bicyclic) bond motifs is 1. The first-order valence-corrected chi connectivity index (χ1v) is 10.0. The van der Waals surface area contributed by atoms with Gasteiger partial charge in [0.25, 0.3) is 0 Å². The number of hydrogen-bond acceptors (Lipinski definition) is 2. The average molecular weight is 398 g/mol. The molecule has 1 amide bonds. The quantitative estimate of drug-likeness (QED) is 0.544. The summed E-state index contributed by atoms with van der Waals surface area (Å²) in [6.07, 6.45) is 3.43. The smallest absolute Gasteiger partial charge is 0.225 e. The second-order valence-corrected chi connectivity index (χ2v) is 9.31. The molecule has 0 spiro atoms. The van der Waals surface area contributed by atoms with E-state index >= 15 is 0 Å². The van der Waals surface area contributed by atoms with E-state index in [9.17, 15) is 4.79 Å². The molecule has 28 heavy (non-hydrogen) atoms. The number of pyridine rings is 1. The highest BCUT2D eigenvalue weighted by Crippen LogP contribution is 2.31. The highest BCUT2D eigenvalue weighted by atomic mass is 35.5. The number of carbonyl (C=O) groups excluding carboxylic acids is 1. The van der Waals surface area contributed by atoms with Gasteiger partial charge >= 0.3 is 0 Å². The predicted octanol–water partition coefficient (Wildman–Crippen LogP) is 6.36. The van der Waals surface area contributed by atoms with Crippen LogP contribution in [0, 0.1) is 18.3 Å². The van der Waals surface area contributed by atoms with Gasteiger partial charge in [0.05, 0.1) is 0 Å². The van der Waals surface area contributed by atoms with E-state index in [2.05, 4.69) is 33.0 Å². The fourth-order valence-electron chi connectivity index (χ4n) is 3.69. The summed E-state index contributed by atoms with van der Waals surface area (Å²) in [6, 6.07) is 11.5. The van der Waals surface area contributed by atoms with Gasteiger partial charge in [-0.2, -0.15) is 0 Å². The number of nitrogens with one attached hydrogen (secondary N) is 1. The van der Waals surface area contributed by atoms with Crippen molar-refractivity contribution in [1.29, 1.82) is 0 Å². The number of halogens is 1. The standard InChI is InChI=1S/C23H28ClN3O/c1-15-10-11-27-19(12-15)25-21(17-6-8-18(24)9-7-17)22(27)26-20(28)13-16(2)14-23(3,4)5/h6-12,16H,13-14H2,1-5H3,(H,26,28)/t16-/m0/s1. The van der Waals surface area contributed by atoms with Gasteiger partial charge in [-0.25, -0.2) is 4.98 Å². The lowest BCUT2D eigenvalue weighted by molar-refractivity contribution is -0.117. The lowest BCUT2D eigenvalue weighted by Gasteiger charge is -2.22. The van der Waals surface area contributed by atoms with Gasteiger partial charge in [0.1, 0.15) is 17.2 Å². The number of aryl methyl sites for hydroxylation is 1. The molecule has 0 radical (unpaired) electrons. The van der Waals surface area contributed by atoms with Crippen LogP contribution in [0.1, 0.15) is 46.1 Å². The Hall–Kier alpha value is -2.33. The number of hydrogen-bond donors (Lipinski definition) is 1. The lowest BCUT2D eigenvalue weighted by Crippen LogP contribution is -2.19. The molecule has 0 saturated heterocycles. The number of aromatic nitrogens is 2. The molecular weight excluding hydrogens is 370 g/mol. The van der Waals surface area contributed by atoms with Crippen molar-refractivity contribution in [3.63, 3.8) is 0 Å². The first kappa shape index (κ1) is 20.4. The maximum atomic E-state index is 12.8. The van der Waals surface area contributed by atoms with E-state index in [4.69, 9.17) is 16.6 Å². The molecule has 1 aromatic carbocycles. The monoisotopic (exact) mass is 397 g/mol.